The molecule has 2 rings (SSSR count). The Bertz CT molecular complexity index is 486. The van der Waals surface area contributed by atoms with E-state index in [2.05, 4.69) is 0 Å². The highest BCUT2D eigenvalue weighted by Crippen LogP contribution is 2.33. The molecule has 0 saturated carbocycles. The molecule has 0 spiro atoms. The molecule has 3 nitrogen and oxygen atoms in total. The number of carbonyl (C=O) groups excluding carboxylic acids is 1. The van der Waals surface area contributed by atoms with Crippen LogP contribution in [0.4, 0.5) is 0 Å². The molecule has 0 bridgehead atoms. The lowest BCUT2D eigenvalue weighted by Crippen LogP contribution is -2.12. The van der Waals surface area contributed by atoms with E-state index in [9.17, 15) is 4.79 Å². The molecule has 0 N–H and O–H groups in total. The second kappa shape index (κ2) is 4.62. The van der Waals surface area contributed by atoms with Crippen molar-refractivity contribution in [2.45, 2.75) is 19.8 Å². The fourth-order valence-electron chi connectivity index (χ4n) is 1.96. The van der Waals surface area contributed by atoms with Gasteiger partial charge in [0.25, 0.3) is 0 Å². The molecule has 0 heterocycles. The minimum absolute atomic E-state index is 0.106. The van der Waals surface area contributed by atoms with Gasteiger partial charge < -0.3 is 9.47 Å². The van der Waals surface area contributed by atoms with Crippen LogP contribution in [-0.2, 0) is 0 Å². The third kappa shape index (κ3) is 2.05. The van der Waals surface area contributed by atoms with Gasteiger partial charge in [-0.15, -0.1) is 0 Å². The quantitative estimate of drug-likeness (QED) is 0.748. The normalized spacial score (nSPS) is 14.3. The maximum absolute atomic E-state index is 12.2. The number of ketones is 1. The van der Waals surface area contributed by atoms with Gasteiger partial charge in [-0.25, -0.2) is 0 Å². The van der Waals surface area contributed by atoms with E-state index in [1.807, 2.05) is 6.92 Å². The lowest BCUT2D eigenvalue weighted by molar-refractivity contribution is 0.102. The zero-order chi connectivity index (χ0) is 12.4. The van der Waals surface area contributed by atoms with Gasteiger partial charge in [0, 0.05) is 5.56 Å². The van der Waals surface area contributed by atoms with Crippen LogP contribution in [0.25, 0.3) is 0 Å². The fourth-order valence-corrected chi connectivity index (χ4v) is 1.96. The monoisotopic (exact) mass is 232 g/mol. The Morgan fingerprint density at radius 3 is 2.29 bits per heavy atom. The smallest absolute Gasteiger partial charge is 0.189 e. The van der Waals surface area contributed by atoms with Crippen LogP contribution >= 0.6 is 0 Å². The van der Waals surface area contributed by atoms with Crippen LogP contribution in [0, 0.1) is 0 Å². The fraction of sp³-hybridized carbons (Fsp3) is 0.357. The average Bonchev–Trinajstić information content (AvgIpc) is 2.35. The number of Topliss-reactive ketones (excluding diaryl/α,β-unsaturated/α-hetero) is 1. The molecule has 17 heavy (non-hydrogen) atoms. The van der Waals surface area contributed by atoms with Crippen molar-refractivity contribution in [2.75, 3.05) is 14.2 Å². The molecule has 0 aromatic heterocycles. The van der Waals surface area contributed by atoms with E-state index < -0.39 is 0 Å². The average molecular weight is 232 g/mol. The molecular formula is C14H16O3. The maximum Gasteiger partial charge on any atom is 0.189 e. The van der Waals surface area contributed by atoms with Crippen molar-refractivity contribution < 1.29 is 14.3 Å². The van der Waals surface area contributed by atoms with Crippen molar-refractivity contribution in [3.8, 4) is 11.5 Å². The minimum Gasteiger partial charge on any atom is -0.493 e. The summed E-state index contributed by atoms with van der Waals surface area (Å²) in [6, 6.07) is 5.28. The number of hydrogen-bond donors (Lipinski definition) is 0. The van der Waals surface area contributed by atoms with Gasteiger partial charge in [0.1, 0.15) is 0 Å². The number of benzene rings is 1. The Hall–Kier alpha value is -1.77. The summed E-state index contributed by atoms with van der Waals surface area (Å²) in [6.45, 7) is 2.01. The molecule has 0 amide bonds. The third-order valence-corrected chi connectivity index (χ3v) is 3.18. The largest absolute Gasteiger partial charge is 0.493 e. The highest BCUT2D eigenvalue weighted by Gasteiger charge is 2.22. The summed E-state index contributed by atoms with van der Waals surface area (Å²) >= 11 is 0. The Kier molecular flexibility index (Phi) is 3.18. The van der Waals surface area contributed by atoms with Crippen LogP contribution in [0.1, 0.15) is 30.1 Å². The van der Waals surface area contributed by atoms with Crippen LogP contribution in [0.15, 0.2) is 29.3 Å². The first kappa shape index (κ1) is 11.7. The lowest BCUT2D eigenvalue weighted by atomic mass is 9.84. The number of ether oxygens (including phenoxy) is 2. The molecule has 3 heteroatoms. The van der Waals surface area contributed by atoms with E-state index in [0.29, 0.717) is 17.1 Å². The predicted molar refractivity (Wildman–Crippen MR) is 65.8 cm³/mol. The zero-order valence-corrected chi connectivity index (χ0v) is 10.4. The molecule has 90 valence electrons. The van der Waals surface area contributed by atoms with Crippen LogP contribution in [0.5, 0.6) is 11.5 Å². The van der Waals surface area contributed by atoms with E-state index >= 15 is 0 Å². The van der Waals surface area contributed by atoms with E-state index in [1.54, 1.807) is 32.4 Å². The van der Waals surface area contributed by atoms with E-state index in [-0.39, 0.29) is 5.78 Å². The second-order valence-electron chi connectivity index (χ2n) is 4.16. The van der Waals surface area contributed by atoms with E-state index in [0.717, 1.165) is 18.4 Å². The van der Waals surface area contributed by atoms with Gasteiger partial charge in [0.05, 0.1) is 14.2 Å². The van der Waals surface area contributed by atoms with Gasteiger partial charge in [0.2, 0.25) is 0 Å². The molecule has 0 atom stereocenters. The topological polar surface area (TPSA) is 35.5 Å². The minimum atomic E-state index is 0.106. The highest BCUT2D eigenvalue weighted by atomic mass is 16.5. The van der Waals surface area contributed by atoms with Crippen LogP contribution in [-0.4, -0.2) is 20.0 Å². The summed E-state index contributed by atoms with van der Waals surface area (Å²) in [6.07, 6.45) is 1.92. The Morgan fingerprint density at radius 1 is 1.12 bits per heavy atom. The van der Waals surface area contributed by atoms with Gasteiger partial charge in [-0.3, -0.25) is 4.79 Å². The standard InChI is InChI=1S/C14H16O3/c1-9-4-6-11(9)14(15)10-5-7-12(16-2)13(8-10)17-3/h5,7-8H,4,6H2,1-3H3. The number of carbonyl (C=O) groups is 1. The highest BCUT2D eigenvalue weighted by molar-refractivity contribution is 6.10. The first-order valence-corrected chi connectivity index (χ1v) is 5.62. The molecule has 0 aliphatic heterocycles. The second-order valence-corrected chi connectivity index (χ2v) is 4.16. The van der Waals surface area contributed by atoms with Crippen LogP contribution < -0.4 is 9.47 Å². The number of hydrogen-bond acceptors (Lipinski definition) is 3. The van der Waals surface area contributed by atoms with Crippen molar-refractivity contribution >= 4 is 5.78 Å². The Labute approximate surface area is 101 Å². The number of rotatable bonds is 4. The molecule has 1 aromatic carbocycles. The molecular weight excluding hydrogens is 216 g/mol. The summed E-state index contributed by atoms with van der Waals surface area (Å²) in [5.41, 5.74) is 2.80. The first-order valence-electron chi connectivity index (χ1n) is 5.62. The molecule has 0 unspecified atom stereocenters. The van der Waals surface area contributed by atoms with Crippen molar-refractivity contribution in [3.05, 3.63) is 34.9 Å². The molecule has 1 aliphatic carbocycles. The van der Waals surface area contributed by atoms with Crippen molar-refractivity contribution in [1.29, 1.82) is 0 Å². The summed E-state index contributed by atoms with van der Waals surface area (Å²) in [5.74, 6) is 1.34. The maximum atomic E-state index is 12.2. The van der Waals surface area contributed by atoms with Gasteiger partial charge >= 0.3 is 0 Å². The number of allylic oxidation sites excluding steroid dienone is 2. The van der Waals surface area contributed by atoms with Gasteiger partial charge in [-0.2, -0.15) is 0 Å². The van der Waals surface area contributed by atoms with Crippen molar-refractivity contribution in [2.24, 2.45) is 0 Å². The van der Waals surface area contributed by atoms with E-state index in [1.165, 1.54) is 5.57 Å². The summed E-state index contributed by atoms with van der Waals surface area (Å²) < 4.78 is 10.3. The molecule has 0 fully saturated rings. The lowest BCUT2D eigenvalue weighted by Gasteiger charge is -2.20. The Balaban J connectivity index is 2.34. The summed E-state index contributed by atoms with van der Waals surface area (Å²) in [5, 5.41) is 0. The number of methoxy groups -OCH3 is 2. The van der Waals surface area contributed by atoms with Gasteiger partial charge in [-0.05, 0) is 43.5 Å². The van der Waals surface area contributed by atoms with Gasteiger partial charge in [-0.1, -0.05) is 5.57 Å². The van der Waals surface area contributed by atoms with Crippen LogP contribution in [0.3, 0.4) is 0 Å². The Morgan fingerprint density at radius 2 is 1.82 bits per heavy atom. The SMILES string of the molecule is COc1ccc(C(=O)C2=C(C)CC2)cc1OC. The molecule has 0 saturated heterocycles. The molecule has 1 aromatic rings. The van der Waals surface area contributed by atoms with E-state index in [4.69, 9.17) is 9.47 Å². The van der Waals surface area contributed by atoms with Crippen molar-refractivity contribution in [3.63, 3.8) is 0 Å². The summed E-state index contributed by atoms with van der Waals surface area (Å²) in [7, 11) is 3.15. The van der Waals surface area contributed by atoms with Crippen molar-refractivity contribution in [1.82, 2.24) is 0 Å². The predicted octanol–water partition coefficient (Wildman–Crippen LogP) is 3.00. The first-order chi connectivity index (χ1) is 8.17. The third-order valence-electron chi connectivity index (χ3n) is 3.18. The molecule has 0 radical (unpaired) electrons. The van der Waals surface area contributed by atoms with Gasteiger partial charge in [0.15, 0.2) is 17.3 Å². The molecule has 1 aliphatic rings. The summed E-state index contributed by atoms with van der Waals surface area (Å²) in [4.78, 5) is 12.2. The van der Waals surface area contributed by atoms with Crippen LogP contribution in [0.2, 0.25) is 0 Å². The zero-order valence-electron chi connectivity index (χ0n) is 10.4.